The van der Waals surface area contributed by atoms with Gasteiger partial charge in [0.05, 0.1) is 7.11 Å². The summed E-state index contributed by atoms with van der Waals surface area (Å²) in [5, 5.41) is 13.1. The van der Waals surface area contributed by atoms with Gasteiger partial charge in [-0.15, -0.1) is 0 Å². The average Bonchev–Trinajstić information content (AvgIpc) is 3.38. The third-order valence-electron chi connectivity index (χ3n) is 5.16. The van der Waals surface area contributed by atoms with Gasteiger partial charge in [-0.25, -0.2) is 4.79 Å². The lowest BCUT2D eigenvalue weighted by Gasteiger charge is -2.23. The van der Waals surface area contributed by atoms with E-state index in [-0.39, 0.29) is 25.4 Å². The van der Waals surface area contributed by atoms with Crippen molar-refractivity contribution in [3.63, 3.8) is 0 Å². The molecule has 3 aromatic rings. The van der Waals surface area contributed by atoms with Crippen molar-refractivity contribution in [2.45, 2.75) is 23.2 Å². The zero-order chi connectivity index (χ0) is 22.9. The molecule has 2 heterocycles. The summed E-state index contributed by atoms with van der Waals surface area (Å²) in [5.74, 6) is -0.163. The maximum Gasteiger partial charge on any atom is 0.328 e. The number of halogens is 2. The second kappa shape index (κ2) is 8.80. The van der Waals surface area contributed by atoms with Crippen LogP contribution in [0.4, 0.5) is 0 Å². The molecule has 10 heteroatoms. The van der Waals surface area contributed by atoms with E-state index in [0.29, 0.717) is 22.6 Å². The molecule has 1 atom stereocenters. The number of rotatable bonds is 7. The van der Waals surface area contributed by atoms with E-state index in [1.165, 1.54) is 7.11 Å². The Morgan fingerprint density at radius 2 is 2.00 bits per heavy atom. The lowest BCUT2D eigenvalue weighted by molar-refractivity contribution is -0.145. The van der Waals surface area contributed by atoms with Gasteiger partial charge in [0.2, 0.25) is 6.79 Å². The van der Waals surface area contributed by atoms with Gasteiger partial charge >= 0.3 is 5.97 Å². The molecule has 0 unspecified atom stereocenters. The first-order valence-corrected chi connectivity index (χ1v) is 10.5. The van der Waals surface area contributed by atoms with E-state index in [0.717, 1.165) is 10.9 Å². The molecule has 0 saturated heterocycles. The van der Waals surface area contributed by atoms with Gasteiger partial charge in [0.25, 0.3) is 5.91 Å². The predicted octanol–water partition coefficient (Wildman–Crippen LogP) is 3.22. The maximum absolute atomic E-state index is 12.9. The summed E-state index contributed by atoms with van der Waals surface area (Å²) in [6.07, 6.45) is 1.79. The third kappa shape index (κ3) is 4.56. The number of alkyl halides is 2. The molecule has 0 spiro atoms. The number of phenolic OH excluding ortho intramolecular Hbond substituents is 1. The van der Waals surface area contributed by atoms with Crippen LogP contribution < -0.4 is 14.8 Å². The standard InChI is InChI=1S/C22H20Cl2N2O6/c1-30-20(28)17(7-13-10-25-16-4-3-14(27)8-15(13)16)26-21(29)22(23,24)9-12-2-5-18-19(6-12)32-11-31-18/h2-6,8,10,17,25,27H,7,9,11H2,1H3,(H,26,29)/t17-/m0/s1. The number of phenols is 1. The van der Waals surface area contributed by atoms with E-state index in [1.807, 2.05) is 0 Å². The van der Waals surface area contributed by atoms with Crippen molar-refractivity contribution in [2.75, 3.05) is 13.9 Å². The number of aromatic nitrogens is 1. The molecular weight excluding hydrogens is 459 g/mol. The predicted molar refractivity (Wildman–Crippen MR) is 118 cm³/mol. The zero-order valence-corrected chi connectivity index (χ0v) is 18.5. The lowest BCUT2D eigenvalue weighted by atomic mass is 10.0. The number of hydrogen-bond donors (Lipinski definition) is 3. The summed E-state index contributed by atoms with van der Waals surface area (Å²) in [6, 6.07) is 8.94. The molecule has 0 fully saturated rings. The van der Waals surface area contributed by atoms with Gasteiger partial charge < -0.3 is 29.6 Å². The molecule has 0 bridgehead atoms. The zero-order valence-electron chi connectivity index (χ0n) is 17.0. The van der Waals surface area contributed by atoms with Gasteiger partial charge in [-0.05, 0) is 41.5 Å². The molecule has 1 aromatic heterocycles. The summed E-state index contributed by atoms with van der Waals surface area (Å²) in [6.45, 7) is 0.124. The SMILES string of the molecule is COC(=O)[C@H](Cc1c[nH]c2ccc(O)cc12)NC(=O)C(Cl)(Cl)Cc1ccc2c(c1)OCO2. The Bertz CT molecular complexity index is 1180. The van der Waals surface area contributed by atoms with Crippen LogP contribution in [-0.2, 0) is 27.2 Å². The molecule has 32 heavy (non-hydrogen) atoms. The molecule has 1 aliphatic rings. The highest BCUT2D eigenvalue weighted by atomic mass is 35.5. The number of methoxy groups -OCH3 is 1. The second-order valence-corrected chi connectivity index (χ2v) is 8.85. The highest BCUT2D eigenvalue weighted by Crippen LogP contribution is 2.35. The Balaban J connectivity index is 1.50. The van der Waals surface area contributed by atoms with Crippen LogP contribution in [0.1, 0.15) is 11.1 Å². The first kappa shape index (κ1) is 22.1. The van der Waals surface area contributed by atoms with Crippen molar-refractivity contribution < 1.29 is 28.9 Å². The number of ether oxygens (including phenoxy) is 3. The number of amides is 1. The number of hydrogen-bond acceptors (Lipinski definition) is 6. The van der Waals surface area contributed by atoms with Gasteiger partial charge in [0, 0.05) is 29.9 Å². The molecule has 1 aliphatic heterocycles. The molecule has 0 aliphatic carbocycles. The van der Waals surface area contributed by atoms with E-state index in [4.69, 9.17) is 37.4 Å². The molecule has 8 nitrogen and oxygen atoms in total. The van der Waals surface area contributed by atoms with Crippen molar-refractivity contribution in [3.8, 4) is 17.2 Å². The van der Waals surface area contributed by atoms with Crippen LogP contribution in [0.5, 0.6) is 17.2 Å². The van der Waals surface area contributed by atoms with Crippen LogP contribution in [0.3, 0.4) is 0 Å². The summed E-state index contributed by atoms with van der Waals surface area (Å²) in [7, 11) is 1.23. The number of benzene rings is 2. The Hall–Kier alpha value is -3.10. The fourth-order valence-electron chi connectivity index (χ4n) is 3.54. The number of carbonyl (C=O) groups excluding carboxylic acids is 2. The first-order valence-electron chi connectivity index (χ1n) is 9.71. The van der Waals surface area contributed by atoms with Gasteiger partial charge in [0.15, 0.2) is 15.8 Å². The molecule has 0 saturated carbocycles. The second-order valence-electron chi connectivity index (χ2n) is 7.37. The van der Waals surface area contributed by atoms with Gasteiger partial charge in [-0.3, -0.25) is 4.79 Å². The third-order valence-corrected chi connectivity index (χ3v) is 5.77. The Morgan fingerprint density at radius 3 is 2.78 bits per heavy atom. The monoisotopic (exact) mass is 478 g/mol. The Morgan fingerprint density at radius 1 is 1.22 bits per heavy atom. The molecular formula is C22H20Cl2N2O6. The minimum atomic E-state index is -1.85. The van der Waals surface area contributed by atoms with Crippen LogP contribution in [-0.4, -0.2) is 46.2 Å². The van der Waals surface area contributed by atoms with Crippen LogP contribution in [0.2, 0.25) is 0 Å². The molecule has 2 aromatic carbocycles. The van der Waals surface area contributed by atoms with Crippen molar-refractivity contribution >= 4 is 46.0 Å². The van der Waals surface area contributed by atoms with Crippen molar-refractivity contribution in [2.24, 2.45) is 0 Å². The molecule has 0 radical (unpaired) electrons. The quantitative estimate of drug-likeness (QED) is 0.355. The Labute approximate surface area is 193 Å². The number of fused-ring (bicyclic) bond motifs is 2. The number of aromatic amines is 1. The van der Waals surface area contributed by atoms with E-state index in [2.05, 4.69) is 10.3 Å². The summed E-state index contributed by atoms with van der Waals surface area (Å²) in [5.41, 5.74) is 2.15. The minimum Gasteiger partial charge on any atom is -0.508 e. The summed E-state index contributed by atoms with van der Waals surface area (Å²) in [4.78, 5) is 28.3. The molecule has 168 valence electrons. The number of H-pyrrole nitrogens is 1. The summed E-state index contributed by atoms with van der Waals surface area (Å²) >= 11 is 12.7. The molecule has 1 amide bonds. The van der Waals surface area contributed by atoms with Crippen molar-refractivity contribution in [1.29, 1.82) is 0 Å². The van der Waals surface area contributed by atoms with Gasteiger partial charge in [0.1, 0.15) is 11.8 Å². The fraction of sp³-hybridized carbons (Fsp3) is 0.273. The van der Waals surface area contributed by atoms with Crippen LogP contribution in [0.25, 0.3) is 10.9 Å². The highest BCUT2D eigenvalue weighted by Gasteiger charge is 2.37. The van der Waals surface area contributed by atoms with Gasteiger partial charge in [-0.2, -0.15) is 0 Å². The smallest absolute Gasteiger partial charge is 0.328 e. The normalized spacial score (nSPS) is 13.7. The summed E-state index contributed by atoms with van der Waals surface area (Å²) < 4.78 is 13.6. The van der Waals surface area contributed by atoms with E-state index in [9.17, 15) is 14.7 Å². The Kier molecular flexibility index (Phi) is 6.08. The number of esters is 1. The lowest BCUT2D eigenvalue weighted by Crippen LogP contribution is -2.49. The number of aromatic hydroxyl groups is 1. The van der Waals surface area contributed by atoms with Crippen LogP contribution in [0.15, 0.2) is 42.6 Å². The van der Waals surface area contributed by atoms with E-state index >= 15 is 0 Å². The highest BCUT2D eigenvalue weighted by molar-refractivity contribution is 6.58. The largest absolute Gasteiger partial charge is 0.508 e. The fourth-order valence-corrected chi connectivity index (χ4v) is 3.96. The average molecular weight is 479 g/mol. The molecule has 4 rings (SSSR count). The topological polar surface area (TPSA) is 110 Å². The molecule has 3 N–H and O–H groups in total. The van der Waals surface area contributed by atoms with Gasteiger partial charge in [-0.1, -0.05) is 29.3 Å². The number of carbonyl (C=O) groups is 2. The van der Waals surface area contributed by atoms with E-state index < -0.39 is 22.3 Å². The van der Waals surface area contributed by atoms with Crippen molar-refractivity contribution in [1.82, 2.24) is 10.3 Å². The minimum absolute atomic E-state index is 0.0204. The van der Waals surface area contributed by atoms with Crippen LogP contribution >= 0.6 is 23.2 Å². The number of nitrogens with one attached hydrogen (secondary N) is 2. The van der Waals surface area contributed by atoms with Crippen molar-refractivity contribution in [3.05, 3.63) is 53.7 Å². The first-order chi connectivity index (χ1) is 15.3. The van der Waals surface area contributed by atoms with Crippen LogP contribution in [0, 0.1) is 0 Å². The van der Waals surface area contributed by atoms with E-state index in [1.54, 1.807) is 42.6 Å². The maximum atomic E-state index is 12.9.